The molecule has 1 atom stereocenters. The predicted octanol–water partition coefficient (Wildman–Crippen LogP) is 2.53. The molecule has 1 unspecified atom stereocenters. The molecule has 1 fully saturated rings. The highest BCUT2D eigenvalue weighted by Gasteiger charge is 2.23. The van der Waals surface area contributed by atoms with Gasteiger partial charge >= 0.3 is 0 Å². The number of rotatable bonds is 7. The van der Waals surface area contributed by atoms with Gasteiger partial charge in [-0.3, -0.25) is 4.79 Å². The number of hydrogen-bond acceptors (Lipinski definition) is 3. The van der Waals surface area contributed by atoms with Crippen molar-refractivity contribution in [3.8, 4) is 5.75 Å². The highest BCUT2D eigenvalue weighted by molar-refractivity contribution is 5.80. The number of carbonyl (C=O) groups excluding carboxylic acids is 1. The first-order valence-electron chi connectivity index (χ1n) is 9.55. The number of piperidine rings is 1. The SMILES string of the molecule is CCNC(=NCc1cccc(OC(C)C)c1)N1CCCC(CC(N)=O)C1. The standard InChI is InChI=1S/C20H32N4O2/c1-4-22-20(24-10-6-8-17(14-24)12-19(21)25)23-13-16-7-5-9-18(11-16)26-15(2)3/h5,7,9,11,15,17H,4,6,8,10,12-14H2,1-3H3,(H2,21,25)(H,22,23). The number of guanidine groups is 1. The molecular formula is C20H32N4O2. The molecule has 0 spiro atoms. The highest BCUT2D eigenvalue weighted by atomic mass is 16.5. The third-order valence-electron chi connectivity index (χ3n) is 4.32. The molecule has 6 heteroatoms. The van der Waals surface area contributed by atoms with Gasteiger partial charge in [0.25, 0.3) is 0 Å². The fraction of sp³-hybridized carbons (Fsp3) is 0.600. The molecule has 1 aromatic rings. The summed E-state index contributed by atoms with van der Waals surface area (Å²) in [5.41, 5.74) is 6.49. The summed E-state index contributed by atoms with van der Waals surface area (Å²) in [6, 6.07) is 8.07. The van der Waals surface area contributed by atoms with Crippen LogP contribution in [0.25, 0.3) is 0 Å². The van der Waals surface area contributed by atoms with Crippen molar-refractivity contribution in [2.24, 2.45) is 16.6 Å². The largest absolute Gasteiger partial charge is 0.491 e. The molecule has 0 saturated carbocycles. The maximum absolute atomic E-state index is 11.2. The van der Waals surface area contributed by atoms with E-state index < -0.39 is 0 Å². The number of nitrogens with one attached hydrogen (secondary N) is 1. The van der Waals surface area contributed by atoms with Crippen molar-refractivity contribution in [1.82, 2.24) is 10.2 Å². The Balaban J connectivity index is 2.05. The maximum atomic E-state index is 11.2. The van der Waals surface area contributed by atoms with E-state index in [9.17, 15) is 4.79 Å². The van der Waals surface area contributed by atoms with Gasteiger partial charge in [-0.15, -0.1) is 0 Å². The summed E-state index contributed by atoms with van der Waals surface area (Å²) in [7, 11) is 0. The van der Waals surface area contributed by atoms with E-state index in [1.807, 2.05) is 32.0 Å². The molecule has 1 aliphatic heterocycles. The van der Waals surface area contributed by atoms with E-state index in [0.717, 1.165) is 49.7 Å². The lowest BCUT2D eigenvalue weighted by atomic mass is 9.95. The molecule has 1 heterocycles. The second-order valence-corrected chi connectivity index (χ2v) is 7.11. The number of ether oxygens (including phenoxy) is 1. The molecule has 1 aliphatic rings. The second-order valence-electron chi connectivity index (χ2n) is 7.11. The van der Waals surface area contributed by atoms with Crippen molar-refractivity contribution >= 4 is 11.9 Å². The predicted molar refractivity (Wildman–Crippen MR) is 105 cm³/mol. The number of amides is 1. The Morgan fingerprint density at radius 2 is 2.27 bits per heavy atom. The first kappa shape index (κ1) is 20.1. The van der Waals surface area contributed by atoms with Crippen molar-refractivity contribution in [2.75, 3.05) is 19.6 Å². The third kappa shape index (κ3) is 6.58. The zero-order chi connectivity index (χ0) is 18.9. The second kappa shape index (κ2) is 10.0. The van der Waals surface area contributed by atoms with Gasteiger partial charge in [0, 0.05) is 26.1 Å². The summed E-state index contributed by atoms with van der Waals surface area (Å²) in [5, 5.41) is 3.37. The number of hydrogen-bond donors (Lipinski definition) is 2. The number of nitrogens with two attached hydrogens (primary N) is 1. The van der Waals surface area contributed by atoms with Crippen LogP contribution in [0.4, 0.5) is 0 Å². The molecule has 1 amide bonds. The van der Waals surface area contributed by atoms with Crippen LogP contribution in [0.1, 0.15) is 45.6 Å². The first-order valence-corrected chi connectivity index (χ1v) is 9.55. The van der Waals surface area contributed by atoms with Gasteiger partial charge in [0.1, 0.15) is 5.75 Å². The van der Waals surface area contributed by atoms with Gasteiger partial charge in [-0.05, 0) is 57.2 Å². The number of likely N-dealkylation sites (tertiary alicyclic amines) is 1. The fourth-order valence-electron chi connectivity index (χ4n) is 3.29. The van der Waals surface area contributed by atoms with Crippen LogP contribution in [0.15, 0.2) is 29.3 Å². The Hall–Kier alpha value is -2.24. The van der Waals surface area contributed by atoms with Gasteiger partial charge < -0.3 is 20.7 Å². The number of nitrogens with zero attached hydrogens (tertiary/aromatic N) is 2. The fourth-order valence-corrected chi connectivity index (χ4v) is 3.29. The maximum Gasteiger partial charge on any atom is 0.217 e. The van der Waals surface area contributed by atoms with Gasteiger partial charge in [-0.25, -0.2) is 4.99 Å². The van der Waals surface area contributed by atoms with Crippen LogP contribution in [0.3, 0.4) is 0 Å². The van der Waals surface area contributed by atoms with E-state index in [1.165, 1.54) is 0 Å². The van der Waals surface area contributed by atoms with E-state index in [1.54, 1.807) is 0 Å². The minimum Gasteiger partial charge on any atom is -0.491 e. The molecule has 0 bridgehead atoms. The van der Waals surface area contributed by atoms with Crippen LogP contribution in [-0.2, 0) is 11.3 Å². The molecule has 6 nitrogen and oxygen atoms in total. The quantitative estimate of drug-likeness (QED) is 0.578. The first-order chi connectivity index (χ1) is 12.5. The Morgan fingerprint density at radius 1 is 1.46 bits per heavy atom. The van der Waals surface area contributed by atoms with Crippen LogP contribution >= 0.6 is 0 Å². The van der Waals surface area contributed by atoms with Crippen LogP contribution in [-0.4, -0.2) is 42.5 Å². The van der Waals surface area contributed by atoms with Crippen molar-refractivity contribution < 1.29 is 9.53 Å². The molecule has 2 rings (SSSR count). The summed E-state index contributed by atoms with van der Waals surface area (Å²) < 4.78 is 5.76. The number of carbonyl (C=O) groups is 1. The van der Waals surface area contributed by atoms with E-state index in [0.29, 0.717) is 18.9 Å². The van der Waals surface area contributed by atoms with Gasteiger partial charge in [-0.2, -0.15) is 0 Å². The van der Waals surface area contributed by atoms with Crippen molar-refractivity contribution in [1.29, 1.82) is 0 Å². The topological polar surface area (TPSA) is 80.0 Å². The Morgan fingerprint density at radius 3 is 2.96 bits per heavy atom. The lowest BCUT2D eigenvalue weighted by molar-refractivity contribution is -0.119. The highest BCUT2D eigenvalue weighted by Crippen LogP contribution is 2.20. The lowest BCUT2D eigenvalue weighted by Crippen LogP contribution is -2.47. The number of benzene rings is 1. The molecule has 144 valence electrons. The van der Waals surface area contributed by atoms with Crippen molar-refractivity contribution in [2.45, 2.75) is 52.7 Å². The summed E-state index contributed by atoms with van der Waals surface area (Å²) in [4.78, 5) is 18.3. The number of aliphatic imine (C=N–C) groups is 1. The molecule has 26 heavy (non-hydrogen) atoms. The van der Waals surface area contributed by atoms with Gasteiger partial charge in [0.2, 0.25) is 5.91 Å². The Kier molecular flexibility index (Phi) is 7.75. The average molecular weight is 361 g/mol. The van der Waals surface area contributed by atoms with E-state index >= 15 is 0 Å². The normalized spacial score (nSPS) is 18.1. The Bertz CT molecular complexity index is 616. The minimum atomic E-state index is -0.222. The number of primary amides is 1. The van der Waals surface area contributed by atoms with Crippen LogP contribution < -0.4 is 15.8 Å². The van der Waals surface area contributed by atoms with Crippen LogP contribution in [0.5, 0.6) is 5.75 Å². The zero-order valence-corrected chi connectivity index (χ0v) is 16.2. The van der Waals surface area contributed by atoms with Crippen LogP contribution in [0, 0.1) is 5.92 Å². The van der Waals surface area contributed by atoms with E-state index in [2.05, 4.69) is 23.2 Å². The molecule has 1 saturated heterocycles. The summed E-state index contributed by atoms with van der Waals surface area (Å²) in [6.07, 6.45) is 2.71. The molecule has 1 aromatic carbocycles. The van der Waals surface area contributed by atoms with Gasteiger partial charge in [0.15, 0.2) is 5.96 Å². The molecule has 0 aromatic heterocycles. The molecular weight excluding hydrogens is 328 g/mol. The van der Waals surface area contributed by atoms with Crippen LogP contribution in [0.2, 0.25) is 0 Å². The van der Waals surface area contributed by atoms with Gasteiger partial charge in [-0.1, -0.05) is 12.1 Å². The van der Waals surface area contributed by atoms with Gasteiger partial charge in [0.05, 0.1) is 12.6 Å². The minimum absolute atomic E-state index is 0.154. The summed E-state index contributed by atoms with van der Waals surface area (Å²) in [5.74, 6) is 1.86. The lowest BCUT2D eigenvalue weighted by Gasteiger charge is -2.34. The smallest absolute Gasteiger partial charge is 0.217 e. The summed E-state index contributed by atoms with van der Waals surface area (Å²) >= 11 is 0. The summed E-state index contributed by atoms with van der Waals surface area (Å²) in [6.45, 7) is 9.29. The average Bonchev–Trinajstić information content (AvgIpc) is 2.58. The zero-order valence-electron chi connectivity index (χ0n) is 16.2. The van der Waals surface area contributed by atoms with Crippen molar-refractivity contribution in [3.05, 3.63) is 29.8 Å². The Labute approximate surface area is 156 Å². The van der Waals surface area contributed by atoms with Crippen molar-refractivity contribution in [3.63, 3.8) is 0 Å². The molecule has 0 radical (unpaired) electrons. The monoisotopic (exact) mass is 360 g/mol. The van der Waals surface area contributed by atoms with E-state index in [4.69, 9.17) is 15.5 Å². The molecule has 0 aliphatic carbocycles. The van der Waals surface area contributed by atoms with E-state index in [-0.39, 0.29) is 12.0 Å². The third-order valence-corrected chi connectivity index (χ3v) is 4.32. The molecule has 3 N–H and O–H groups in total.